The fourth-order valence-electron chi connectivity index (χ4n) is 5.11. The molecule has 0 fully saturated rings. The maximum absolute atomic E-state index is 13.8. The number of primary amides is 1. The number of hydrogen-bond acceptors (Lipinski definition) is 4. The zero-order valence-electron chi connectivity index (χ0n) is 20.7. The molecular formula is C30H26FN5O2. The second-order valence-corrected chi connectivity index (χ2v) is 9.33. The van der Waals surface area contributed by atoms with E-state index in [1.54, 1.807) is 12.1 Å². The van der Waals surface area contributed by atoms with Crippen molar-refractivity contribution < 1.29 is 14.3 Å². The highest BCUT2D eigenvalue weighted by Crippen LogP contribution is 2.38. The average Bonchev–Trinajstić information content (AvgIpc) is 3.50. The Kier molecular flexibility index (Phi) is 5.81. The van der Waals surface area contributed by atoms with Gasteiger partial charge in [0.1, 0.15) is 11.6 Å². The highest BCUT2D eigenvalue weighted by Gasteiger charge is 2.19. The molecule has 6 aromatic rings. The smallest absolute Gasteiger partial charge is 0.250 e. The van der Waals surface area contributed by atoms with Crippen LogP contribution in [0.1, 0.15) is 23.7 Å². The topological polar surface area (TPSA) is 109 Å². The van der Waals surface area contributed by atoms with Gasteiger partial charge in [0.2, 0.25) is 0 Å². The molecule has 1 amide bonds. The van der Waals surface area contributed by atoms with Crippen LogP contribution >= 0.6 is 0 Å². The van der Waals surface area contributed by atoms with Gasteiger partial charge in [0.05, 0.1) is 34.2 Å². The third-order valence-corrected chi connectivity index (χ3v) is 7.00. The molecule has 0 bridgehead atoms. The van der Waals surface area contributed by atoms with Crippen molar-refractivity contribution in [3.63, 3.8) is 0 Å². The van der Waals surface area contributed by atoms with Crippen molar-refractivity contribution in [1.82, 2.24) is 14.5 Å². The molecule has 0 aliphatic carbocycles. The number of aliphatic hydroxyl groups excluding tert-OH is 1. The molecule has 6 rings (SSSR count). The van der Waals surface area contributed by atoms with Crippen LogP contribution in [-0.2, 0) is 0 Å². The van der Waals surface area contributed by atoms with E-state index in [9.17, 15) is 14.3 Å². The number of amides is 1. The Hall–Kier alpha value is -4.69. The molecule has 0 saturated heterocycles. The number of carbonyl (C=O) groups is 1. The molecule has 0 spiro atoms. The summed E-state index contributed by atoms with van der Waals surface area (Å²) in [5, 5.41) is 15.0. The van der Waals surface area contributed by atoms with Crippen molar-refractivity contribution >= 4 is 44.4 Å². The number of anilines is 1. The van der Waals surface area contributed by atoms with Gasteiger partial charge < -0.3 is 25.7 Å². The number of nitrogens with zero attached hydrogens (tertiary/aromatic N) is 2. The Morgan fingerprint density at radius 3 is 2.68 bits per heavy atom. The minimum atomic E-state index is -0.544. The monoisotopic (exact) mass is 507 g/mol. The van der Waals surface area contributed by atoms with Gasteiger partial charge in [-0.3, -0.25) is 4.79 Å². The number of rotatable bonds is 7. The lowest BCUT2D eigenvalue weighted by Gasteiger charge is -2.19. The van der Waals surface area contributed by atoms with Crippen LogP contribution in [-0.4, -0.2) is 38.2 Å². The summed E-state index contributed by atoms with van der Waals surface area (Å²) in [5.41, 5.74) is 11.6. The first-order valence-electron chi connectivity index (χ1n) is 12.5. The number of aromatic nitrogens is 3. The van der Waals surface area contributed by atoms with E-state index in [1.807, 2.05) is 55.5 Å². The number of carbonyl (C=O) groups excluding carboxylic acids is 1. The second-order valence-electron chi connectivity index (χ2n) is 9.33. The lowest BCUT2D eigenvalue weighted by atomic mass is 10.1. The van der Waals surface area contributed by atoms with Crippen molar-refractivity contribution in [1.29, 1.82) is 0 Å². The van der Waals surface area contributed by atoms with Gasteiger partial charge in [-0.1, -0.05) is 37.3 Å². The van der Waals surface area contributed by atoms with Gasteiger partial charge in [-0.25, -0.2) is 9.37 Å². The fraction of sp³-hybridized carbons (Fsp3) is 0.133. The van der Waals surface area contributed by atoms with E-state index >= 15 is 0 Å². The number of aromatic amines is 1. The fourth-order valence-corrected chi connectivity index (χ4v) is 5.11. The summed E-state index contributed by atoms with van der Waals surface area (Å²) in [6.07, 6.45) is 0.680. The van der Waals surface area contributed by atoms with E-state index < -0.39 is 5.91 Å². The lowest BCUT2D eigenvalue weighted by molar-refractivity contribution is 0.100. The Bertz CT molecular complexity index is 1830. The molecule has 7 nitrogen and oxygen atoms in total. The zero-order valence-corrected chi connectivity index (χ0v) is 20.7. The molecule has 0 aliphatic heterocycles. The summed E-state index contributed by atoms with van der Waals surface area (Å²) in [4.78, 5) is 20.2. The summed E-state index contributed by atoms with van der Waals surface area (Å²) in [5.74, 6) is -0.213. The highest BCUT2D eigenvalue weighted by atomic mass is 19.1. The quantitative estimate of drug-likeness (QED) is 0.221. The number of imidazole rings is 1. The normalized spacial score (nSPS) is 12.4. The van der Waals surface area contributed by atoms with E-state index in [-0.39, 0.29) is 18.5 Å². The number of halogens is 1. The number of nitrogens with two attached hydrogens (primary N) is 1. The predicted octanol–water partition coefficient (Wildman–Crippen LogP) is 5.75. The summed E-state index contributed by atoms with van der Waals surface area (Å²) in [6.45, 7) is 1.89. The van der Waals surface area contributed by atoms with E-state index in [4.69, 9.17) is 10.7 Å². The lowest BCUT2D eigenvalue weighted by Crippen LogP contribution is -2.25. The molecule has 2 heterocycles. The van der Waals surface area contributed by atoms with Crippen molar-refractivity contribution in [2.75, 3.05) is 11.9 Å². The molecule has 4 aromatic carbocycles. The second kappa shape index (κ2) is 9.32. The first-order chi connectivity index (χ1) is 18.5. The number of aliphatic hydroxyl groups is 1. The molecule has 2 aromatic heterocycles. The Morgan fingerprint density at radius 2 is 1.89 bits per heavy atom. The van der Waals surface area contributed by atoms with Crippen LogP contribution in [0.2, 0.25) is 0 Å². The molecule has 5 N–H and O–H groups in total. The number of para-hydroxylation sites is 1. The molecule has 38 heavy (non-hydrogen) atoms. The molecular weight excluding hydrogens is 481 g/mol. The third-order valence-electron chi connectivity index (χ3n) is 7.00. The van der Waals surface area contributed by atoms with E-state index in [1.165, 1.54) is 12.1 Å². The number of H-pyrrole nitrogens is 1. The first-order valence-corrected chi connectivity index (χ1v) is 12.5. The van der Waals surface area contributed by atoms with Gasteiger partial charge in [0.15, 0.2) is 0 Å². The maximum Gasteiger partial charge on any atom is 0.250 e. The predicted molar refractivity (Wildman–Crippen MR) is 149 cm³/mol. The number of fused-ring (bicyclic) bond motifs is 4. The van der Waals surface area contributed by atoms with Crippen molar-refractivity contribution in [2.45, 2.75) is 19.4 Å². The maximum atomic E-state index is 13.8. The minimum Gasteiger partial charge on any atom is -0.394 e. The van der Waals surface area contributed by atoms with Gasteiger partial charge in [0, 0.05) is 33.8 Å². The summed E-state index contributed by atoms with van der Waals surface area (Å²) >= 11 is 0. The van der Waals surface area contributed by atoms with Gasteiger partial charge in [-0.15, -0.1) is 0 Å². The average molecular weight is 508 g/mol. The van der Waals surface area contributed by atoms with Crippen LogP contribution in [0.4, 0.5) is 10.1 Å². The first kappa shape index (κ1) is 23.7. The van der Waals surface area contributed by atoms with Gasteiger partial charge >= 0.3 is 0 Å². The van der Waals surface area contributed by atoms with Gasteiger partial charge in [0.25, 0.3) is 5.91 Å². The summed E-state index contributed by atoms with van der Waals surface area (Å²) in [7, 11) is 0. The highest BCUT2D eigenvalue weighted by molar-refractivity contribution is 6.15. The molecule has 1 atom stereocenters. The van der Waals surface area contributed by atoms with Crippen LogP contribution in [0.5, 0.6) is 0 Å². The van der Waals surface area contributed by atoms with Crippen molar-refractivity contribution in [3.05, 3.63) is 90.2 Å². The molecule has 190 valence electrons. The summed E-state index contributed by atoms with van der Waals surface area (Å²) < 4.78 is 16.0. The number of nitrogens with one attached hydrogen (secondary N) is 2. The van der Waals surface area contributed by atoms with Gasteiger partial charge in [-0.2, -0.15) is 0 Å². The molecule has 0 radical (unpaired) electrons. The Labute approximate surface area is 217 Å². The number of hydrogen-bond donors (Lipinski definition) is 4. The largest absolute Gasteiger partial charge is 0.394 e. The Balaban J connectivity index is 1.60. The third kappa shape index (κ3) is 3.86. The summed E-state index contributed by atoms with van der Waals surface area (Å²) in [6, 6.07) is 23.9. The number of benzene rings is 4. The van der Waals surface area contributed by atoms with Crippen molar-refractivity contribution in [2.24, 2.45) is 5.73 Å². The van der Waals surface area contributed by atoms with Crippen molar-refractivity contribution in [3.8, 4) is 17.1 Å². The Morgan fingerprint density at radius 1 is 1.08 bits per heavy atom. The van der Waals surface area contributed by atoms with Crippen LogP contribution in [0.3, 0.4) is 0 Å². The van der Waals surface area contributed by atoms with E-state index in [0.717, 1.165) is 33.1 Å². The van der Waals surface area contributed by atoms with Crippen LogP contribution in [0, 0.1) is 5.82 Å². The molecule has 0 saturated carbocycles. The van der Waals surface area contributed by atoms with E-state index in [2.05, 4.69) is 20.9 Å². The standard InChI is InChI=1S/C30H26FN5O2/c1-2-18(16-37)33-24-15-19(11-12-20(24)29(32)38)36-26-8-4-3-6-21(26)28-22(7-5-9-27(28)36)30-34-23-13-10-17(31)14-25(23)35-30/h3-15,18,33,37H,2,16H2,1H3,(H2,32,38)(H,34,35)/t18-/m1/s1. The molecule has 8 heteroatoms. The van der Waals surface area contributed by atoms with Crippen LogP contribution in [0.25, 0.3) is 49.9 Å². The SMILES string of the molecule is CC[C@H](CO)Nc1cc(-n2c3ccccc3c3c(-c4nc5ccc(F)cc5[nH]4)cccc32)ccc1C(N)=O. The molecule has 0 unspecified atom stereocenters. The van der Waals surface area contributed by atoms with E-state index in [0.29, 0.717) is 34.5 Å². The minimum absolute atomic E-state index is 0.0704. The molecule has 0 aliphatic rings. The van der Waals surface area contributed by atoms with Crippen LogP contribution < -0.4 is 11.1 Å². The van der Waals surface area contributed by atoms with Gasteiger partial charge in [-0.05, 0) is 55.0 Å². The zero-order chi connectivity index (χ0) is 26.4. The van der Waals surface area contributed by atoms with Crippen LogP contribution in [0.15, 0.2) is 78.9 Å².